The third kappa shape index (κ3) is 5.16. The highest BCUT2D eigenvalue weighted by Crippen LogP contribution is 2.27. The molecule has 1 aromatic heterocycles. The highest BCUT2D eigenvalue weighted by atomic mass is 32.2. The Morgan fingerprint density at radius 2 is 1.71 bits per heavy atom. The van der Waals surface area contributed by atoms with Gasteiger partial charge in [0.2, 0.25) is 5.91 Å². The van der Waals surface area contributed by atoms with Gasteiger partial charge in [0, 0.05) is 12.2 Å². The molecule has 0 fully saturated rings. The lowest BCUT2D eigenvalue weighted by Gasteiger charge is -2.24. The zero-order valence-corrected chi connectivity index (χ0v) is 21.4. The van der Waals surface area contributed by atoms with Gasteiger partial charge in [0.1, 0.15) is 6.54 Å². The zero-order valence-electron chi connectivity index (χ0n) is 19.8. The van der Waals surface area contributed by atoms with E-state index in [1.54, 1.807) is 53.1 Å². The predicted octanol–water partition coefficient (Wildman–Crippen LogP) is 5.04. The van der Waals surface area contributed by atoms with Crippen molar-refractivity contribution in [1.29, 1.82) is 0 Å². The Morgan fingerprint density at radius 1 is 1.03 bits per heavy atom. The van der Waals surface area contributed by atoms with Crippen molar-refractivity contribution in [3.63, 3.8) is 0 Å². The van der Waals surface area contributed by atoms with Crippen molar-refractivity contribution in [1.82, 2.24) is 4.57 Å². The summed E-state index contributed by atoms with van der Waals surface area (Å²) in [6.45, 7) is 6.18. The van der Waals surface area contributed by atoms with Crippen LogP contribution in [0.5, 0.6) is 0 Å². The number of carbonyl (C=O) groups is 1. The first-order valence-corrected chi connectivity index (χ1v) is 13.6. The molecular formula is C26H27N3O4S2. The molecule has 0 saturated carbocycles. The first-order chi connectivity index (χ1) is 16.7. The van der Waals surface area contributed by atoms with E-state index in [1.165, 1.54) is 12.1 Å². The highest BCUT2D eigenvalue weighted by molar-refractivity contribution is 7.92. The van der Waals surface area contributed by atoms with Crippen molar-refractivity contribution in [3.8, 4) is 0 Å². The van der Waals surface area contributed by atoms with Gasteiger partial charge in [-0.25, -0.2) is 8.42 Å². The molecular weight excluding hydrogens is 482 g/mol. The summed E-state index contributed by atoms with van der Waals surface area (Å²) in [5.41, 5.74) is 2.78. The summed E-state index contributed by atoms with van der Waals surface area (Å²) in [5.74, 6) is -0.196. The number of nitrogens with zero attached hydrogens (tertiary/aromatic N) is 2. The molecule has 1 amide bonds. The molecule has 0 spiro atoms. The Morgan fingerprint density at radius 3 is 2.34 bits per heavy atom. The van der Waals surface area contributed by atoms with Crippen molar-refractivity contribution in [2.24, 2.45) is 0 Å². The zero-order chi connectivity index (χ0) is 25.2. The number of nitrogens with one attached hydrogen (secondary N) is 1. The topological polar surface area (TPSA) is 88.5 Å². The van der Waals surface area contributed by atoms with Crippen molar-refractivity contribution in [2.75, 3.05) is 16.2 Å². The molecule has 35 heavy (non-hydrogen) atoms. The molecule has 4 rings (SSSR count). The molecule has 0 aliphatic rings. The van der Waals surface area contributed by atoms with Gasteiger partial charge in [-0.05, 0) is 60.9 Å². The Balaban J connectivity index is 1.64. The number of aryl methyl sites for hydroxylation is 1. The molecule has 4 aromatic rings. The molecule has 0 aliphatic heterocycles. The van der Waals surface area contributed by atoms with Crippen molar-refractivity contribution in [3.05, 3.63) is 88.0 Å². The van der Waals surface area contributed by atoms with Gasteiger partial charge in [-0.1, -0.05) is 55.5 Å². The van der Waals surface area contributed by atoms with E-state index in [4.69, 9.17) is 0 Å². The summed E-state index contributed by atoms with van der Waals surface area (Å²) < 4.78 is 30.5. The standard InChI is InChI=1S/C26H27N3O4S2/c1-4-28-23-15-12-20(16-24(23)34-26(28)31)27-25(30)17-29(21-13-10-19(11-14-21)18(2)3)35(32,33)22-8-6-5-7-9-22/h5-16,18H,4,17H2,1-3H3,(H,27,30). The van der Waals surface area contributed by atoms with Crippen LogP contribution in [0.15, 0.2) is 82.5 Å². The van der Waals surface area contributed by atoms with Crippen molar-refractivity contribution in [2.45, 2.75) is 38.1 Å². The van der Waals surface area contributed by atoms with Crippen LogP contribution in [0.1, 0.15) is 32.3 Å². The Hall–Kier alpha value is -3.43. The van der Waals surface area contributed by atoms with Crippen molar-refractivity contribution >= 4 is 48.9 Å². The number of sulfonamides is 1. The van der Waals surface area contributed by atoms with Gasteiger partial charge in [-0.15, -0.1) is 0 Å². The smallest absolute Gasteiger partial charge is 0.308 e. The van der Waals surface area contributed by atoms with E-state index >= 15 is 0 Å². The third-order valence-electron chi connectivity index (χ3n) is 5.73. The number of amides is 1. The molecule has 182 valence electrons. The fourth-order valence-corrected chi connectivity index (χ4v) is 6.27. The largest absolute Gasteiger partial charge is 0.324 e. The van der Waals surface area contributed by atoms with E-state index in [1.807, 2.05) is 19.1 Å². The van der Waals surface area contributed by atoms with Gasteiger partial charge in [-0.3, -0.25) is 18.5 Å². The average Bonchev–Trinajstić information content (AvgIpc) is 3.17. The van der Waals surface area contributed by atoms with Gasteiger partial charge in [0.05, 0.1) is 20.8 Å². The van der Waals surface area contributed by atoms with Crippen LogP contribution in [0.25, 0.3) is 10.2 Å². The molecule has 0 saturated heterocycles. The maximum atomic E-state index is 13.5. The number of benzene rings is 3. The van der Waals surface area contributed by atoms with E-state index in [0.717, 1.165) is 31.4 Å². The monoisotopic (exact) mass is 509 g/mol. The number of anilines is 2. The molecule has 0 bridgehead atoms. The lowest BCUT2D eigenvalue weighted by molar-refractivity contribution is -0.114. The lowest BCUT2D eigenvalue weighted by Crippen LogP contribution is -2.38. The molecule has 0 radical (unpaired) electrons. The minimum atomic E-state index is -3.99. The highest BCUT2D eigenvalue weighted by Gasteiger charge is 2.27. The van der Waals surface area contributed by atoms with Gasteiger partial charge >= 0.3 is 4.87 Å². The number of rotatable bonds is 8. The third-order valence-corrected chi connectivity index (χ3v) is 8.46. The quantitative estimate of drug-likeness (QED) is 0.360. The summed E-state index contributed by atoms with van der Waals surface area (Å²) in [6, 6.07) is 20.5. The molecule has 0 unspecified atom stereocenters. The number of thiazole rings is 1. The molecule has 0 atom stereocenters. The van der Waals surface area contributed by atoms with E-state index in [0.29, 0.717) is 23.8 Å². The fraction of sp³-hybridized carbons (Fsp3) is 0.231. The first-order valence-electron chi connectivity index (χ1n) is 11.3. The number of hydrogen-bond donors (Lipinski definition) is 1. The lowest BCUT2D eigenvalue weighted by atomic mass is 10.0. The summed E-state index contributed by atoms with van der Waals surface area (Å²) in [4.78, 5) is 25.2. The second kappa shape index (κ2) is 10.1. The summed E-state index contributed by atoms with van der Waals surface area (Å²) >= 11 is 1.11. The normalized spacial score (nSPS) is 11.7. The number of aromatic nitrogens is 1. The Kier molecular flexibility index (Phi) is 7.09. The van der Waals surface area contributed by atoms with Crippen LogP contribution >= 0.6 is 11.3 Å². The maximum absolute atomic E-state index is 13.5. The molecule has 1 heterocycles. The molecule has 9 heteroatoms. The molecule has 7 nitrogen and oxygen atoms in total. The van der Waals surface area contributed by atoms with Crippen LogP contribution in [0.2, 0.25) is 0 Å². The summed E-state index contributed by atoms with van der Waals surface area (Å²) in [5, 5.41) is 2.78. The second-order valence-electron chi connectivity index (χ2n) is 8.41. The number of carbonyl (C=O) groups excluding carboxylic acids is 1. The van der Waals surface area contributed by atoms with Crippen LogP contribution in [0.3, 0.4) is 0 Å². The second-order valence-corrected chi connectivity index (χ2v) is 11.3. The van der Waals surface area contributed by atoms with E-state index < -0.39 is 22.5 Å². The van der Waals surface area contributed by atoms with E-state index in [-0.39, 0.29) is 9.77 Å². The van der Waals surface area contributed by atoms with E-state index in [9.17, 15) is 18.0 Å². The van der Waals surface area contributed by atoms with Crippen LogP contribution in [-0.2, 0) is 21.4 Å². The molecule has 1 N–H and O–H groups in total. The minimum absolute atomic E-state index is 0.0593. The molecule has 0 aliphatic carbocycles. The predicted molar refractivity (Wildman–Crippen MR) is 142 cm³/mol. The first kappa shape index (κ1) is 24.7. The van der Waals surface area contributed by atoms with Crippen LogP contribution < -0.4 is 14.5 Å². The van der Waals surface area contributed by atoms with Crippen LogP contribution in [-0.4, -0.2) is 25.4 Å². The summed E-state index contributed by atoms with van der Waals surface area (Å²) in [7, 11) is -3.99. The maximum Gasteiger partial charge on any atom is 0.308 e. The molecule has 3 aromatic carbocycles. The van der Waals surface area contributed by atoms with Gasteiger partial charge in [0.15, 0.2) is 0 Å². The van der Waals surface area contributed by atoms with Gasteiger partial charge in [0.25, 0.3) is 10.0 Å². The number of hydrogen-bond acceptors (Lipinski definition) is 5. The minimum Gasteiger partial charge on any atom is -0.324 e. The summed E-state index contributed by atoms with van der Waals surface area (Å²) in [6.07, 6.45) is 0. The average molecular weight is 510 g/mol. The fourth-order valence-electron chi connectivity index (χ4n) is 3.83. The Labute approximate surface area is 208 Å². The van der Waals surface area contributed by atoms with Crippen LogP contribution in [0.4, 0.5) is 11.4 Å². The van der Waals surface area contributed by atoms with Crippen molar-refractivity contribution < 1.29 is 13.2 Å². The SMILES string of the molecule is CCn1c(=O)sc2cc(NC(=O)CN(c3ccc(C(C)C)cc3)S(=O)(=O)c3ccccc3)ccc21. The van der Waals surface area contributed by atoms with Gasteiger partial charge < -0.3 is 5.32 Å². The van der Waals surface area contributed by atoms with Crippen LogP contribution in [0, 0.1) is 0 Å². The Bertz CT molecular complexity index is 1510. The van der Waals surface area contributed by atoms with Gasteiger partial charge in [-0.2, -0.15) is 0 Å². The van der Waals surface area contributed by atoms with E-state index in [2.05, 4.69) is 19.2 Å². The number of fused-ring (bicyclic) bond motifs is 1.